The number of benzene rings is 1. The number of aliphatic carboxylic acids is 1. The van der Waals surface area contributed by atoms with E-state index in [1.54, 1.807) is 0 Å². The lowest BCUT2D eigenvalue weighted by Crippen LogP contribution is -2.28. The molecule has 5 heteroatoms. The van der Waals surface area contributed by atoms with Crippen molar-refractivity contribution in [2.45, 2.75) is 6.04 Å². The molecule has 0 heterocycles. The normalized spacial score (nSPS) is 12.1. The predicted molar refractivity (Wildman–Crippen MR) is 61.7 cm³/mol. The number of phenolic OH excluding ortho intramolecular Hbond substituents is 1. The zero-order valence-electron chi connectivity index (χ0n) is 8.48. The van der Waals surface area contributed by atoms with Crippen molar-refractivity contribution in [2.75, 3.05) is 6.54 Å². The maximum Gasteiger partial charge on any atom is 0.325 e. The Bertz CT molecular complexity index is 406. The fourth-order valence-corrected chi connectivity index (χ4v) is 1.47. The van der Waals surface area contributed by atoms with Gasteiger partial charge in [-0.15, -0.1) is 6.58 Å². The van der Waals surface area contributed by atoms with Crippen molar-refractivity contribution in [3.05, 3.63) is 41.4 Å². The van der Waals surface area contributed by atoms with E-state index in [0.717, 1.165) is 0 Å². The van der Waals surface area contributed by atoms with Crippen LogP contribution in [0.25, 0.3) is 0 Å². The van der Waals surface area contributed by atoms with E-state index in [-0.39, 0.29) is 11.3 Å². The minimum absolute atomic E-state index is 0.103. The molecular formula is C11H12ClNO3. The van der Waals surface area contributed by atoms with E-state index in [9.17, 15) is 9.90 Å². The lowest BCUT2D eigenvalue weighted by Gasteiger charge is -2.15. The van der Waals surface area contributed by atoms with Gasteiger partial charge in [0.15, 0.2) is 0 Å². The lowest BCUT2D eigenvalue weighted by molar-refractivity contribution is -0.139. The van der Waals surface area contributed by atoms with Crippen molar-refractivity contribution in [3.63, 3.8) is 0 Å². The van der Waals surface area contributed by atoms with Gasteiger partial charge in [-0.25, -0.2) is 0 Å². The van der Waals surface area contributed by atoms with E-state index in [1.165, 1.54) is 24.3 Å². The van der Waals surface area contributed by atoms with E-state index in [0.29, 0.717) is 11.6 Å². The molecule has 0 aliphatic carbocycles. The lowest BCUT2D eigenvalue weighted by atomic mass is 10.1. The van der Waals surface area contributed by atoms with Crippen LogP contribution in [0.3, 0.4) is 0 Å². The smallest absolute Gasteiger partial charge is 0.325 e. The number of hydrogen-bond acceptors (Lipinski definition) is 3. The minimum Gasteiger partial charge on any atom is -0.508 e. The first-order valence-corrected chi connectivity index (χ1v) is 4.99. The van der Waals surface area contributed by atoms with Crippen LogP contribution < -0.4 is 5.32 Å². The van der Waals surface area contributed by atoms with Gasteiger partial charge in [0.05, 0.1) is 0 Å². The second kappa shape index (κ2) is 5.53. The van der Waals surface area contributed by atoms with E-state index in [2.05, 4.69) is 11.9 Å². The molecule has 0 bridgehead atoms. The third kappa shape index (κ3) is 2.98. The van der Waals surface area contributed by atoms with Gasteiger partial charge in [0.2, 0.25) is 0 Å². The number of aromatic hydroxyl groups is 1. The highest BCUT2D eigenvalue weighted by atomic mass is 35.5. The summed E-state index contributed by atoms with van der Waals surface area (Å²) in [7, 11) is 0. The third-order valence-corrected chi connectivity index (χ3v) is 2.25. The van der Waals surface area contributed by atoms with Gasteiger partial charge in [0, 0.05) is 17.1 Å². The summed E-state index contributed by atoms with van der Waals surface area (Å²) in [5.74, 6) is -1.19. The number of hydrogen-bond donors (Lipinski definition) is 3. The van der Waals surface area contributed by atoms with Crippen LogP contribution in [-0.4, -0.2) is 22.7 Å². The molecule has 0 aliphatic rings. The summed E-state index contributed by atoms with van der Waals surface area (Å²) in [6.45, 7) is 3.80. The number of carbonyl (C=O) groups is 1. The molecule has 1 aromatic rings. The Labute approximate surface area is 98.2 Å². The summed E-state index contributed by atoms with van der Waals surface area (Å²) < 4.78 is 0. The van der Waals surface area contributed by atoms with Crippen LogP contribution in [0.15, 0.2) is 30.9 Å². The summed E-state index contributed by atoms with van der Waals surface area (Å²) >= 11 is 5.75. The average molecular weight is 242 g/mol. The van der Waals surface area contributed by atoms with Gasteiger partial charge >= 0.3 is 5.97 Å². The number of halogens is 1. The SMILES string of the molecule is C=CCNC(C(=O)O)c1cc(Cl)ccc1O. The molecule has 0 aliphatic heterocycles. The van der Waals surface area contributed by atoms with E-state index < -0.39 is 12.0 Å². The van der Waals surface area contributed by atoms with Crippen LogP contribution in [0.2, 0.25) is 5.02 Å². The van der Waals surface area contributed by atoms with Gasteiger partial charge in [-0.05, 0) is 18.2 Å². The van der Waals surface area contributed by atoms with Crippen LogP contribution >= 0.6 is 11.6 Å². The van der Waals surface area contributed by atoms with Crippen molar-refractivity contribution < 1.29 is 15.0 Å². The van der Waals surface area contributed by atoms with E-state index >= 15 is 0 Å². The molecular weight excluding hydrogens is 230 g/mol. The monoisotopic (exact) mass is 241 g/mol. The molecule has 0 saturated heterocycles. The van der Waals surface area contributed by atoms with Gasteiger partial charge in [-0.3, -0.25) is 10.1 Å². The summed E-state index contributed by atoms with van der Waals surface area (Å²) in [6.07, 6.45) is 1.54. The number of nitrogens with one attached hydrogen (secondary N) is 1. The first-order valence-electron chi connectivity index (χ1n) is 4.61. The van der Waals surface area contributed by atoms with Gasteiger partial charge in [-0.2, -0.15) is 0 Å². The first-order chi connectivity index (χ1) is 7.56. The van der Waals surface area contributed by atoms with E-state index in [4.69, 9.17) is 16.7 Å². The zero-order valence-corrected chi connectivity index (χ0v) is 9.24. The number of carboxylic acids is 1. The Kier molecular flexibility index (Phi) is 4.34. The first kappa shape index (κ1) is 12.5. The summed E-state index contributed by atoms with van der Waals surface area (Å²) in [4.78, 5) is 11.0. The molecule has 4 nitrogen and oxygen atoms in total. The van der Waals surface area contributed by atoms with Gasteiger partial charge in [0.25, 0.3) is 0 Å². The third-order valence-electron chi connectivity index (χ3n) is 2.01. The van der Waals surface area contributed by atoms with Crippen LogP contribution in [0, 0.1) is 0 Å². The van der Waals surface area contributed by atoms with Gasteiger partial charge in [0.1, 0.15) is 11.8 Å². The van der Waals surface area contributed by atoms with Gasteiger partial charge < -0.3 is 10.2 Å². The Hall–Kier alpha value is -1.52. The molecule has 1 aromatic carbocycles. The molecule has 1 rings (SSSR count). The average Bonchev–Trinajstić information content (AvgIpc) is 2.23. The predicted octanol–water partition coefficient (Wildman–Crippen LogP) is 1.95. The standard InChI is InChI=1S/C11H12ClNO3/c1-2-5-13-10(11(15)16)8-6-7(12)3-4-9(8)14/h2-4,6,10,13-14H,1,5H2,(H,15,16). The Morgan fingerprint density at radius 1 is 1.62 bits per heavy atom. The summed E-state index contributed by atoms with van der Waals surface area (Å²) in [6, 6.07) is 3.28. The van der Waals surface area contributed by atoms with Crippen molar-refractivity contribution >= 4 is 17.6 Å². The van der Waals surface area contributed by atoms with Crippen LogP contribution in [0.1, 0.15) is 11.6 Å². The minimum atomic E-state index is -1.08. The van der Waals surface area contributed by atoms with Crippen molar-refractivity contribution in [1.29, 1.82) is 0 Å². The Morgan fingerprint density at radius 3 is 2.88 bits per heavy atom. The molecule has 1 atom stereocenters. The number of carboxylic acid groups (broad SMARTS) is 1. The molecule has 16 heavy (non-hydrogen) atoms. The van der Waals surface area contributed by atoms with Crippen molar-refractivity contribution in [3.8, 4) is 5.75 Å². The molecule has 0 amide bonds. The molecule has 0 aromatic heterocycles. The molecule has 0 saturated carbocycles. The summed E-state index contributed by atoms with van der Waals surface area (Å²) in [5.41, 5.74) is 0.238. The molecule has 0 spiro atoms. The highest BCUT2D eigenvalue weighted by molar-refractivity contribution is 6.30. The number of rotatable bonds is 5. The maximum atomic E-state index is 11.0. The molecule has 0 radical (unpaired) electrons. The molecule has 86 valence electrons. The van der Waals surface area contributed by atoms with E-state index in [1.807, 2.05) is 0 Å². The Balaban J connectivity index is 3.04. The molecule has 3 N–H and O–H groups in total. The van der Waals surface area contributed by atoms with Gasteiger partial charge in [-0.1, -0.05) is 17.7 Å². The van der Waals surface area contributed by atoms with Crippen molar-refractivity contribution in [2.24, 2.45) is 0 Å². The second-order valence-electron chi connectivity index (χ2n) is 3.17. The quantitative estimate of drug-likeness (QED) is 0.689. The highest BCUT2D eigenvalue weighted by Crippen LogP contribution is 2.27. The fourth-order valence-electron chi connectivity index (χ4n) is 1.29. The highest BCUT2D eigenvalue weighted by Gasteiger charge is 2.21. The van der Waals surface area contributed by atoms with Crippen LogP contribution in [0.5, 0.6) is 5.75 Å². The summed E-state index contributed by atoms with van der Waals surface area (Å²) in [5, 5.41) is 21.7. The Morgan fingerprint density at radius 2 is 2.31 bits per heavy atom. The van der Waals surface area contributed by atoms with Crippen LogP contribution in [0.4, 0.5) is 0 Å². The zero-order chi connectivity index (χ0) is 12.1. The largest absolute Gasteiger partial charge is 0.508 e. The molecule has 0 fully saturated rings. The number of phenols is 1. The second-order valence-corrected chi connectivity index (χ2v) is 3.61. The molecule has 1 unspecified atom stereocenters. The van der Waals surface area contributed by atoms with Crippen molar-refractivity contribution in [1.82, 2.24) is 5.32 Å². The topological polar surface area (TPSA) is 69.6 Å². The maximum absolute atomic E-state index is 11.0. The van der Waals surface area contributed by atoms with Crippen LogP contribution in [-0.2, 0) is 4.79 Å². The fraction of sp³-hybridized carbons (Fsp3) is 0.182.